The van der Waals surface area contributed by atoms with Gasteiger partial charge in [-0.05, 0) is 51.0 Å². The zero-order chi connectivity index (χ0) is 37.6. The number of carbonyl (C=O) groups excluding carboxylic acids is 4. The predicted octanol–water partition coefficient (Wildman–Crippen LogP) is 2.74. The smallest absolute Gasteiger partial charge is 0.326 e. The van der Waals surface area contributed by atoms with Gasteiger partial charge in [0.25, 0.3) is 0 Å². The Bertz CT molecular complexity index is 1250. The maximum Gasteiger partial charge on any atom is 0.326 e. The van der Waals surface area contributed by atoms with E-state index in [1.807, 2.05) is 30.3 Å². The molecule has 13 nitrogen and oxygen atoms in total. The van der Waals surface area contributed by atoms with Crippen molar-refractivity contribution in [2.75, 3.05) is 34.4 Å². The summed E-state index contributed by atoms with van der Waals surface area (Å²) in [5, 5.41) is 15.1. The Kier molecular flexibility index (Phi) is 17.3. The summed E-state index contributed by atoms with van der Waals surface area (Å²) in [5.74, 6) is -3.13. The maximum atomic E-state index is 13.9. The van der Waals surface area contributed by atoms with Gasteiger partial charge < -0.3 is 40.7 Å². The van der Waals surface area contributed by atoms with Crippen LogP contribution in [0.25, 0.3) is 0 Å². The summed E-state index contributed by atoms with van der Waals surface area (Å²) in [6.07, 6.45) is 4.28. The summed E-state index contributed by atoms with van der Waals surface area (Å²) in [4.78, 5) is 68.0. The highest BCUT2D eigenvalue weighted by molar-refractivity contribution is 5.89. The third kappa shape index (κ3) is 12.1. The molecule has 0 aromatic heterocycles. The largest absolute Gasteiger partial charge is 0.480 e. The third-order valence-electron chi connectivity index (χ3n) is 9.59. The Morgan fingerprint density at radius 2 is 1.66 bits per heavy atom. The van der Waals surface area contributed by atoms with Gasteiger partial charge in [0.15, 0.2) is 0 Å². The van der Waals surface area contributed by atoms with E-state index in [0.717, 1.165) is 31.2 Å². The molecule has 6 atom stereocenters. The van der Waals surface area contributed by atoms with Crippen LogP contribution in [0.3, 0.4) is 0 Å². The van der Waals surface area contributed by atoms with Crippen LogP contribution in [0.5, 0.6) is 0 Å². The molecule has 13 heteroatoms. The summed E-state index contributed by atoms with van der Waals surface area (Å²) in [6, 6.07) is 7.18. The highest BCUT2D eigenvalue weighted by Crippen LogP contribution is 2.36. The highest BCUT2D eigenvalue weighted by Gasteiger charge is 2.44. The number of likely N-dealkylation sites (tertiary alicyclic amines) is 1. The van der Waals surface area contributed by atoms with E-state index in [1.165, 1.54) is 20.6 Å². The molecule has 1 aliphatic carbocycles. The van der Waals surface area contributed by atoms with Crippen LogP contribution in [0, 0.1) is 11.8 Å². The van der Waals surface area contributed by atoms with Crippen molar-refractivity contribution in [3.8, 4) is 0 Å². The number of hydrogen-bond acceptors (Lipinski definition) is 8. The van der Waals surface area contributed by atoms with Gasteiger partial charge in [-0.15, -0.1) is 0 Å². The fourth-order valence-corrected chi connectivity index (χ4v) is 6.60. The van der Waals surface area contributed by atoms with Crippen molar-refractivity contribution >= 4 is 29.6 Å². The monoisotopic (exact) mass is 703 g/mol. The van der Waals surface area contributed by atoms with E-state index in [4.69, 9.17) is 15.2 Å². The number of carboxylic acid groups (broad SMARTS) is 1. The molecule has 1 saturated carbocycles. The van der Waals surface area contributed by atoms with Crippen molar-refractivity contribution < 1.29 is 38.6 Å². The number of hydrogen-bond donors (Lipinski definition) is 4. The topological polar surface area (TPSA) is 181 Å². The summed E-state index contributed by atoms with van der Waals surface area (Å²) < 4.78 is 11.7. The van der Waals surface area contributed by atoms with Crippen molar-refractivity contribution in [1.82, 2.24) is 20.4 Å². The van der Waals surface area contributed by atoms with E-state index in [9.17, 15) is 29.1 Å². The number of nitrogens with zero attached hydrogens (tertiary/aromatic N) is 2. The molecule has 5 N–H and O–H groups in total. The average molecular weight is 704 g/mol. The molecule has 0 bridgehead atoms. The van der Waals surface area contributed by atoms with E-state index in [1.54, 1.807) is 37.6 Å². The molecule has 282 valence electrons. The number of carboxylic acids is 1. The van der Waals surface area contributed by atoms with Crippen LogP contribution in [-0.2, 0) is 39.9 Å². The highest BCUT2D eigenvalue weighted by atomic mass is 16.5. The second-order valence-electron chi connectivity index (χ2n) is 14.2. The molecule has 3 rings (SSSR count). The van der Waals surface area contributed by atoms with Gasteiger partial charge in [0, 0.05) is 34.2 Å². The molecule has 1 aliphatic heterocycles. The molecule has 1 aromatic carbocycles. The Balaban J connectivity index is 0.00000278. The number of methoxy groups -OCH3 is 2. The lowest BCUT2D eigenvalue weighted by molar-refractivity contribution is -0.147. The molecule has 1 saturated heterocycles. The van der Waals surface area contributed by atoms with Crippen LogP contribution in [0.2, 0.25) is 0 Å². The van der Waals surface area contributed by atoms with Gasteiger partial charge in [-0.1, -0.05) is 63.9 Å². The summed E-state index contributed by atoms with van der Waals surface area (Å²) in [7, 11) is 4.69. The lowest BCUT2D eigenvalue weighted by Crippen LogP contribution is -2.57. The molecule has 6 unspecified atom stereocenters. The SMILES string of the molecule is CCC.COC(CC(=O)N1CCCC1C(OC)C(C)C(=O)NC(Cc1ccccc1)C(=O)O)C(C1CCC1)N(C)C(=O)CNC(=O)C(C)(C)N. The second-order valence-corrected chi connectivity index (χ2v) is 14.2. The minimum Gasteiger partial charge on any atom is -0.480 e. The lowest BCUT2D eigenvalue weighted by atomic mass is 9.76. The van der Waals surface area contributed by atoms with Crippen molar-refractivity contribution in [3.63, 3.8) is 0 Å². The molecule has 50 heavy (non-hydrogen) atoms. The molecule has 1 heterocycles. The van der Waals surface area contributed by atoms with Crippen LogP contribution in [0.4, 0.5) is 0 Å². The zero-order valence-corrected chi connectivity index (χ0v) is 31.3. The van der Waals surface area contributed by atoms with Crippen LogP contribution < -0.4 is 16.4 Å². The first-order valence-electron chi connectivity index (χ1n) is 17.9. The Morgan fingerprint density at radius 3 is 2.16 bits per heavy atom. The van der Waals surface area contributed by atoms with Gasteiger partial charge in [0.1, 0.15) is 6.04 Å². The summed E-state index contributed by atoms with van der Waals surface area (Å²) in [6.45, 7) is 9.31. The van der Waals surface area contributed by atoms with E-state index >= 15 is 0 Å². The zero-order valence-electron chi connectivity index (χ0n) is 31.3. The lowest BCUT2D eigenvalue weighted by Gasteiger charge is -2.43. The van der Waals surface area contributed by atoms with E-state index < -0.39 is 53.5 Å². The maximum absolute atomic E-state index is 13.9. The van der Waals surface area contributed by atoms with Gasteiger partial charge >= 0.3 is 5.97 Å². The Labute approximate surface area is 298 Å². The van der Waals surface area contributed by atoms with E-state index in [0.29, 0.717) is 13.0 Å². The Hall–Kier alpha value is -3.55. The normalized spacial score (nSPS) is 19.1. The number of likely N-dealkylation sites (N-methyl/N-ethyl adjacent to an activating group) is 1. The number of nitrogens with two attached hydrogens (primary N) is 1. The van der Waals surface area contributed by atoms with Crippen LogP contribution in [0.1, 0.15) is 85.1 Å². The van der Waals surface area contributed by atoms with Crippen molar-refractivity contribution in [2.45, 2.75) is 122 Å². The number of rotatable bonds is 17. The standard InChI is InChI=1S/C34H53N5O8.C3H8/c1-21(31(42)37-24(32(43)44)18-22-12-8-7-9-13-22)30(47-6)25-16-11-17-39(25)27(40)19-26(46-5)29(23-14-10-15-23)38(4)28(41)20-36-33(45)34(2,3)35;1-3-2/h7-9,12-13,21,23-26,29-30H,10-11,14-20,35H2,1-6H3,(H,36,45)(H,37,42)(H,43,44);3H2,1-2H3. The molecule has 2 fully saturated rings. The van der Waals surface area contributed by atoms with Crippen LogP contribution in [0.15, 0.2) is 30.3 Å². The fourth-order valence-electron chi connectivity index (χ4n) is 6.60. The van der Waals surface area contributed by atoms with Crippen LogP contribution >= 0.6 is 0 Å². The van der Waals surface area contributed by atoms with Gasteiger partial charge in [0.05, 0.1) is 48.7 Å². The molecule has 4 amide bonds. The molecular weight excluding hydrogens is 642 g/mol. The number of nitrogens with one attached hydrogen (secondary N) is 2. The van der Waals surface area contributed by atoms with Gasteiger partial charge in [-0.25, -0.2) is 4.79 Å². The molecule has 0 radical (unpaired) electrons. The average Bonchev–Trinajstić information content (AvgIpc) is 3.53. The molecule has 2 aliphatic rings. The molecular formula is C37H61N5O8. The van der Waals surface area contributed by atoms with Crippen molar-refractivity contribution in [3.05, 3.63) is 35.9 Å². The predicted molar refractivity (Wildman–Crippen MR) is 191 cm³/mol. The van der Waals surface area contributed by atoms with Crippen LogP contribution in [-0.4, -0.2) is 115 Å². The number of aliphatic carboxylic acids is 1. The molecule has 0 spiro atoms. The minimum absolute atomic E-state index is 0.0170. The van der Waals surface area contributed by atoms with Gasteiger partial charge in [-0.2, -0.15) is 0 Å². The number of ether oxygens (including phenoxy) is 2. The van der Waals surface area contributed by atoms with Gasteiger partial charge in [0.2, 0.25) is 23.6 Å². The van der Waals surface area contributed by atoms with Crippen molar-refractivity contribution in [2.24, 2.45) is 17.6 Å². The third-order valence-corrected chi connectivity index (χ3v) is 9.59. The molecule has 1 aromatic rings. The summed E-state index contributed by atoms with van der Waals surface area (Å²) in [5.41, 5.74) is 5.51. The number of benzene rings is 1. The van der Waals surface area contributed by atoms with E-state index in [-0.39, 0.29) is 43.2 Å². The Morgan fingerprint density at radius 1 is 1.04 bits per heavy atom. The van der Waals surface area contributed by atoms with Gasteiger partial charge in [-0.3, -0.25) is 19.2 Å². The van der Waals surface area contributed by atoms with Crippen molar-refractivity contribution in [1.29, 1.82) is 0 Å². The van der Waals surface area contributed by atoms with E-state index in [2.05, 4.69) is 24.5 Å². The minimum atomic E-state index is -1.14. The number of amides is 4. The summed E-state index contributed by atoms with van der Waals surface area (Å²) >= 11 is 0. The first kappa shape index (κ1) is 42.6. The fraction of sp³-hybridized carbons (Fsp3) is 0.703. The second kappa shape index (κ2) is 20.3. The first-order chi connectivity index (χ1) is 23.6. The first-order valence-corrected chi connectivity index (χ1v) is 17.9. The quantitative estimate of drug-likeness (QED) is 0.190. The number of carbonyl (C=O) groups is 5.